The van der Waals surface area contributed by atoms with Crippen molar-refractivity contribution in [2.45, 2.75) is 26.9 Å². The Balaban J connectivity index is 2.85. The molecule has 0 aliphatic heterocycles. The Morgan fingerprint density at radius 2 is 1.90 bits per heavy atom. The summed E-state index contributed by atoms with van der Waals surface area (Å²) in [6.07, 6.45) is -4.45. The van der Waals surface area contributed by atoms with E-state index in [0.717, 1.165) is 27.1 Å². The summed E-state index contributed by atoms with van der Waals surface area (Å²) in [6, 6.07) is 2.74. The van der Waals surface area contributed by atoms with Crippen molar-refractivity contribution in [3.05, 3.63) is 33.4 Å². The molecule has 0 fully saturated rings. The van der Waals surface area contributed by atoms with Crippen LogP contribution >= 0.6 is 15.9 Å². The van der Waals surface area contributed by atoms with Crippen LogP contribution in [-0.4, -0.2) is 11.5 Å². The van der Waals surface area contributed by atoms with Gasteiger partial charge in [0.25, 0.3) is 0 Å². The SMILES string of the molecule is CCNc1cc(C(F)(F)F)nc2cc(C)c(Br)c(C)c12. The van der Waals surface area contributed by atoms with Crippen LogP contribution in [0.4, 0.5) is 18.9 Å². The number of nitrogens with one attached hydrogen (secondary N) is 1. The fraction of sp³-hybridized carbons (Fsp3) is 0.357. The number of pyridine rings is 1. The van der Waals surface area contributed by atoms with Gasteiger partial charge in [0.15, 0.2) is 0 Å². The summed E-state index contributed by atoms with van der Waals surface area (Å²) < 4.78 is 39.6. The van der Waals surface area contributed by atoms with Crippen molar-refractivity contribution in [1.29, 1.82) is 0 Å². The minimum absolute atomic E-state index is 0.356. The molecular weight excluding hydrogens is 333 g/mol. The molecule has 108 valence electrons. The van der Waals surface area contributed by atoms with E-state index in [1.807, 2.05) is 20.8 Å². The Labute approximate surface area is 123 Å². The van der Waals surface area contributed by atoms with Crippen LogP contribution in [0.1, 0.15) is 23.7 Å². The van der Waals surface area contributed by atoms with Crippen molar-refractivity contribution < 1.29 is 13.2 Å². The lowest BCUT2D eigenvalue weighted by Gasteiger charge is -2.16. The molecule has 2 nitrogen and oxygen atoms in total. The maximum atomic E-state index is 12.9. The minimum Gasteiger partial charge on any atom is -0.385 e. The number of hydrogen-bond donors (Lipinski definition) is 1. The molecule has 0 atom stereocenters. The molecule has 0 spiro atoms. The van der Waals surface area contributed by atoms with E-state index in [1.165, 1.54) is 0 Å². The van der Waals surface area contributed by atoms with Crippen molar-refractivity contribution in [3.63, 3.8) is 0 Å². The molecule has 2 rings (SSSR count). The van der Waals surface area contributed by atoms with E-state index in [1.54, 1.807) is 6.07 Å². The average molecular weight is 347 g/mol. The van der Waals surface area contributed by atoms with Gasteiger partial charge in [0.1, 0.15) is 5.69 Å². The normalized spacial score (nSPS) is 11.9. The van der Waals surface area contributed by atoms with E-state index in [0.29, 0.717) is 17.7 Å². The van der Waals surface area contributed by atoms with Crippen LogP contribution in [0.2, 0.25) is 0 Å². The van der Waals surface area contributed by atoms with E-state index < -0.39 is 11.9 Å². The summed E-state index contributed by atoms with van der Waals surface area (Å²) in [4.78, 5) is 3.77. The number of benzene rings is 1. The van der Waals surface area contributed by atoms with E-state index in [2.05, 4.69) is 26.2 Å². The van der Waals surface area contributed by atoms with Gasteiger partial charge in [-0.15, -0.1) is 0 Å². The molecule has 0 radical (unpaired) electrons. The second-order valence-electron chi connectivity index (χ2n) is 4.61. The second kappa shape index (κ2) is 5.24. The first-order chi connectivity index (χ1) is 9.25. The number of aromatic nitrogens is 1. The van der Waals surface area contributed by atoms with Crippen LogP contribution in [0.15, 0.2) is 16.6 Å². The molecule has 0 aliphatic rings. The zero-order chi connectivity index (χ0) is 15.1. The monoisotopic (exact) mass is 346 g/mol. The lowest BCUT2D eigenvalue weighted by Crippen LogP contribution is -2.10. The number of hydrogen-bond acceptors (Lipinski definition) is 2. The molecule has 1 N–H and O–H groups in total. The molecule has 1 heterocycles. The molecule has 0 amide bonds. The number of aryl methyl sites for hydroxylation is 2. The lowest BCUT2D eigenvalue weighted by molar-refractivity contribution is -0.140. The predicted octanol–water partition coefficient (Wildman–Crippen LogP) is 5.06. The highest BCUT2D eigenvalue weighted by Gasteiger charge is 2.33. The molecule has 1 aromatic carbocycles. The molecule has 20 heavy (non-hydrogen) atoms. The maximum absolute atomic E-state index is 12.9. The number of fused-ring (bicyclic) bond motifs is 1. The largest absolute Gasteiger partial charge is 0.433 e. The standard InChI is InChI=1S/C14H14BrF3N2/c1-4-19-9-6-11(14(16,17)18)20-10-5-7(2)13(15)8(3)12(9)10/h5-6H,4H2,1-3H3,(H,19,20). The summed E-state index contributed by atoms with van der Waals surface area (Å²) in [7, 11) is 0. The van der Waals surface area contributed by atoms with Crippen LogP contribution in [0.25, 0.3) is 10.9 Å². The Hall–Kier alpha value is -1.30. The number of halogens is 4. The minimum atomic E-state index is -4.45. The van der Waals surface area contributed by atoms with E-state index >= 15 is 0 Å². The van der Waals surface area contributed by atoms with Gasteiger partial charge in [-0.3, -0.25) is 0 Å². The molecule has 0 unspecified atom stereocenters. The van der Waals surface area contributed by atoms with Gasteiger partial charge in [-0.05, 0) is 44.0 Å². The third kappa shape index (κ3) is 2.61. The van der Waals surface area contributed by atoms with Crippen molar-refractivity contribution in [1.82, 2.24) is 4.98 Å². The summed E-state index contributed by atoms with van der Waals surface area (Å²) in [6.45, 7) is 6.10. The zero-order valence-corrected chi connectivity index (χ0v) is 12.9. The van der Waals surface area contributed by atoms with Crippen LogP contribution in [-0.2, 0) is 6.18 Å². The Morgan fingerprint density at radius 3 is 2.45 bits per heavy atom. The molecule has 0 aliphatic carbocycles. The highest BCUT2D eigenvalue weighted by atomic mass is 79.9. The molecule has 6 heteroatoms. The van der Waals surface area contributed by atoms with E-state index in [4.69, 9.17) is 0 Å². The lowest BCUT2D eigenvalue weighted by atomic mass is 10.0. The number of alkyl halides is 3. The van der Waals surface area contributed by atoms with Crippen LogP contribution in [0, 0.1) is 13.8 Å². The van der Waals surface area contributed by atoms with Crippen LogP contribution < -0.4 is 5.32 Å². The quantitative estimate of drug-likeness (QED) is 0.821. The molecule has 0 saturated heterocycles. The van der Waals surface area contributed by atoms with Gasteiger partial charge in [-0.25, -0.2) is 4.98 Å². The highest BCUT2D eigenvalue weighted by Crippen LogP contribution is 2.37. The Bertz CT molecular complexity index is 666. The van der Waals surface area contributed by atoms with E-state index in [-0.39, 0.29) is 0 Å². The summed E-state index contributed by atoms with van der Waals surface area (Å²) in [5.74, 6) is 0. The first-order valence-corrected chi connectivity index (χ1v) is 6.96. The van der Waals surface area contributed by atoms with Crippen LogP contribution in [0.5, 0.6) is 0 Å². The average Bonchev–Trinajstić information content (AvgIpc) is 2.34. The first-order valence-electron chi connectivity index (χ1n) is 6.17. The van der Waals surface area contributed by atoms with Crippen molar-refractivity contribution in [2.24, 2.45) is 0 Å². The fourth-order valence-electron chi connectivity index (χ4n) is 2.21. The summed E-state index contributed by atoms with van der Waals surface area (Å²) in [5.41, 5.74) is 1.69. The molecule has 0 saturated carbocycles. The molecule has 0 bridgehead atoms. The predicted molar refractivity (Wildman–Crippen MR) is 78.1 cm³/mol. The number of anilines is 1. The maximum Gasteiger partial charge on any atom is 0.433 e. The third-order valence-corrected chi connectivity index (χ3v) is 4.33. The van der Waals surface area contributed by atoms with Crippen LogP contribution in [0.3, 0.4) is 0 Å². The number of rotatable bonds is 2. The van der Waals surface area contributed by atoms with Gasteiger partial charge in [-0.2, -0.15) is 13.2 Å². The second-order valence-corrected chi connectivity index (χ2v) is 5.40. The van der Waals surface area contributed by atoms with Gasteiger partial charge in [0.2, 0.25) is 0 Å². The van der Waals surface area contributed by atoms with Crippen molar-refractivity contribution in [3.8, 4) is 0 Å². The Kier molecular flexibility index (Phi) is 3.95. The van der Waals surface area contributed by atoms with Crippen molar-refractivity contribution >= 4 is 32.5 Å². The van der Waals surface area contributed by atoms with Crippen molar-refractivity contribution in [2.75, 3.05) is 11.9 Å². The highest BCUT2D eigenvalue weighted by molar-refractivity contribution is 9.10. The Morgan fingerprint density at radius 1 is 1.25 bits per heavy atom. The number of nitrogens with zero attached hydrogens (tertiary/aromatic N) is 1. The smallest absolute Gasteiger partial charge is 0.385 e. The third-order valence-electron chi connectivity index (χ3n) is 3.11. The topological polar surface area (TPSA) is 24.9 Å². The van der Waals surface area contributed by atoms with Gasteiger partial charge >= 0.3 is 6.18 Å². The zero-order valence-electron chi connectivity index (χ0n) is 11.3. The molecular formula is C14H14BrF3N2. The van der Waals surface area contributed by atoms with Gasteiger partial charge in [0, 0.05) is 22.1 Å². The first kappa shape index (κ1) is 15.1. The van der Waals surface area contributed by atoms with Gasteiger partial charge < -0.3 is 5.32 Å². The fourth-order valence-corrected chi connectivity index (χ4v) is 2.53. The van der Waals surface area contributed by atoms with Gasteiger partial charge in [0.05, 0.1) is 5.52 Å². The van der Waals surface area contributed by atoms with Gasteiger partial charge in [-0.1, -0.05) is 15.9 Å². The summed E-state index contributed by atoms with van der Waals surface area (Å²) >= 11 is 3.47. The van der Waals surface area contributed by atoms with E-state index in [9.17, 15) is 13.2 Å². The molecule has 1 aromatic heterocycles. The summed E-state index contributed by atoms with van der Waals surface area (Å²) in [5, 5.41) is 3.71. The molecule has 2 aromatic rings.